The van der Waals surface area contributed by atoms with Crippen molar-refractivity contribution in [1.29, 1.82) is 0 Å². The Kier molecular flexibility index (Phi) is 6.27. The predicted molar refractivity (Wildman–Crippen MR) is 78.0 cm³/mol. The zero-order chi connectivity index (χ0) is 14.5. The van der Waals surface area contributed by atoms with Crippen molar-refractivity contribution in [1.82, 2.24) is 10.2 Å². The Morgan fingerprint density at radius 2 is 2.16 bits per heavy atom. The first-order chi connectivity index (χ1) is 8.85. The fourth-order valence-corrected chi connectivity index (χ4v) is 2.81. The molecule has 19 heavy (non-hydrogen) atoms. The first kappa shape index (κ1) is 16.4. The lowest BCUT2D eigenvalue weighted by Crippen LogP contribution is -2.54. The maximum Gasteiger partial charge on any atom is 0.239 e. The number of amides is 1. The molecular weight excluding hydrogens is 240 g/mol. The Balaban J connectivity index is 2.55. The third-order valence-electron chi connectivity index (χ3n) is 3.70. The van der Waals surface area contributed by atoms with Gasteiger partial charge in [-0.25, -0.2) is 0 Å². The van der Waals surface area contributed by atoms with E-state index in [1.54, 1.807) is 0 Å². The van der Waals surface area contributed by atoms with E-state index in [1.807, 2.05) is 4.90 Å². The number of aliphatic hydroxyl groups excluding tert-OH is 1. The van der Waals surface area contributed by atoms with Gasteiger partial charge in [-0.1, -0.05) is 27.7 Å². The second-order valence-corrected chi connectivity index (χ2v) is 6.77. The highest BCUT2D eigenvalue weighted by Gasteiger charge is 2.32. The summed E-state index contributed by atoms with van der Waals surface area (Å²) < 4.78 is 0. The van der Waals surface area contributed by atoms with Crippen molar-refractivity contribution < 1.29 is 9.90 Å². The van der Waals surface area contributed by atoms with Gasteiger partial charge >= 0.3 is 0 Å². The van der Waals surface area contributed by atoms with Gasteiger partial charge in [-0.2, -0.15) is 0 Å². The Morgan fingerprint density at radius 1 is 1.47 bits per heavy atom. The lowest BCUT2D eigenvalue weighted by atomic mass is 9.86. The van der Waals surface area contributed by atoms with Crippen LogP contribution in [0.1, 0.15) is 53.4 Å². The molecule has 0 bridgehead atoms. The van der Waals surface area contributed by atoms with E-state index in [-0.39, 0.29) is 24.0 Å². The van der Waals surface area contributed by atoms with E-state index in [4.69, 9.17) is 5.11 Å². The molecule has 4 nitrogen and oxygen atoms in total. The first-order valence-corrected chi connectivity index (χ1v) is 7.51. The summed E-state index contributed by atoms with van der Waals surface area (Å²) in [5, 5.41) is 12.3. The highest BCUT2D eigenvalue weighted by atomic mass is 16.3. The quantitative estimate of drug-likeness (QED) is 0.741. The molecule has 0 aromatic carbocycles. The monoisotopic (exact) mass is 270 g/mol. The van der Waals surface area contributed by atoms with E-state index in [1.165, 1.54) is 0 Å². The van der Waals surface area contributed by atoms with E-state index < -0.39 is 0 Å². The number of nitrogens with zero attached hydrogens (tertiary/aromatic N) is 1. The molecule has 1 saturated heterocycles. The Morgan fingerprint density at radius 3 is 2.74 bits per heavy atom. The van der Waals surface area contributed by atoms with Crippen LogP contribution in [0.15, 0.2) is 0 Å². The van der Waals surface area contributed by atoms with Gasteiger partial charge in [0.2, 0.25) is 5.91 Å². The molecule has 1 aliphatic rings. The first-order valence-electron chi connectivity index (χ1n) is 7.51. The molecule has 1 atom stereocenters. The van der Waals surface area contributed by atoms with Gasteiger partial charge in [0.1, 0.15) is 0 Å². The molecular formula is C15H30N2O2. The van der Waals surface area contributed by atoms with Crippen LogP contribution < -0.4 is 5.32 Å². The molecule has 0 radical (unpaired) electrons. The minimum Gasteiger partial charge on any atom is -0.396 e. The summed E-state index contributed by atoms with van der Waals surface area (Å²) in [6.07, 6.45) is 3.79. The molecule has 4 heteroatoms. The lowest BCUT2D eigenvalue weighted by molar-refractivity contribution is -0.137. The van der Waals surface area contributed by atoms with Crippen LogP contribution in [0.2, 0.25) is 0 Å². The van der Waals surface area contributed by atoms with Crippen molar-refractivity contribution in [3.05, 3.63) is 0 Å². The van der Waals surface area contributed by atoms with Crippen molar-refractivity contribution in [2.45, 2.75) is 65.5 Å². The molecule has 1 rings (SSSR count). The molecule has 1 aliphatic heterocycles. The fraction of sp³-hybridized carbons (Fsp3) is 0.933. The van der Waals surface area contributed by atoms with Gasteiger partial charge < -0.3 is 15.3 Å². The second-order valence-electron chi connectivity index (χ2n) is 6.77. The number of hydrogen-bond donors (Lipinski definition) is 2. The summed E-state index contributed by atoms with van der Waals surface area (Å²) >= 11 is 0. The largest absolute Gasteiger partial charge is 0.396 e. The number of rotatable bonds is 7. The van der Waals surface area contributed by atoms with Crippen LogP contribution in [0.4, 0.5) is 0 Å². The van der Waals surface area contributed by atoms with Crippen LogP contribution in [0.3, 0.4) is 0 Å². The number of piperidine rings is 1. The zero-order valence-electron chi connectivity index (χ0n) is 12.9. The van der Waals surface area contributed by atoms with Gasteiger partial charge in [-0.3, -0.25) is 4.79 Å². The Bertz CT molecular complexity index is 290. The Hall–Kier alpha value is -0.610. The summed E-state index contributed by atoms with van der Waals surface area (Å²) in [4.78, 5) is 14.4. The van der Waals surface area contributed by atoms with Crippen molar-refractivity contribution >= 4 is 5.91 Å². The van der Waals surface area contributed by atoms with E-state index in [0.717, 1.165) is 38.8 Å². The molecule has 0 aromatic heterocycles. The van der Waals surface area contributed by atoms with Gasteiger partial charge in [-0.05, 0) is 31.1 Å². The number of aliphatic hydroxyl groups is 1. The number of likely N-dealkylation sites (tertiary alicyclic amines) is 1. The van der Waals surface area contributed by atoms with Crippen LogP contribution in [0, 0.1) is 5.41 Å². The summed E-state index contributed by atoms with van der Waals surface area (Å²) in [5.41, 5.74) is 0.0815. The highest BCUT2D eigenvalue weighted by Crippen LogP contribution is 2.25. The maximum absolute atomic E-state index is 12.4. The fourth-order valence-electron chi connectivity index (χ4n) is 2.81. The number of nitrogens with one attached hydrogen (secondary N) is 1. The van der Waals surface area contributed by atoms with Crippen LogP contribution in [-0.2, 0) is 4.79 Å². The molecule has 0 saturated carbocycles. The van der Waals surface area contributed by atoms with Gasteiger partial charge in [0.25, 0.3) is 0 Å². The van der Waals surface area contributed by atoms with Crippen LogP contribution in [0.25, 0.3) is 0 Å². The molecule has 1 heterocycles. The third-order valence-corrected chi connectivity index (χ3v) is 3.70. The topological polar surface area (TPSA) is 52.6 Å². The summed E-state index contributed by atoms with van der Waals surface area (Å²) in [7, 11) is 0. The van der Waals surface area contributed by atoms with Crippen molar-refractivity contribution in [3.8, 4) is 0 Å². The van der Waals surface area contributed by atoms with Gasteiger partial charge in [0.15, 0.2) is 0 Å². The Labute approximate surface area is 117 Å². The SMILES string of the molecule is CC(C)NC1CCCN(CC(C)(C)CCCO)C1=O. The third kappa shape index (κ3) is 5.49. The second kappa shape index (κ2) is 7.25. The molecule has 0 spiro atoms. The smallest absolute Gasteiger partial charge is 0.239 e. The predicted octanol–water partition coefficient (Wildman–Crippen LogP) is 1.77. The molecule has 0 aliphatic carbocycles. The lowest BCUT2D eigenvalue weighted by Gasteiger charge is -2.38. The van der Waals surface area contributed by atoms with Gasteiger partial charge in [0, 0.05) is 25.7 Å². The molecule has 1 unspecified atom stereocenters. The van der Waals surface area contributed by atoms with Gasteiger partial charge in [-0.15, -0.1) is 0 Å². The highest BCUT2D eigenvalue weighted by molar-refractivity contribution is 5.82. The van der Waals surface area contributed by atoms with Gasteiger partial charge in [0.05, 0.1) is 6.04 Å². The van der Waals surface area contributed by atoms with E-state index >= 15 is 0 Å². The minimum atomic E-state index is -0.0117. The average molecular weight is 270 g/mol. The summed E-state index contributed by atoms with van der Waals surface area (Å²) in [6.45, 7) is 10.4. The normalized spacial score (nSPS) is 21.3. The summed E-state index contributed by atoms with van der Waals surface area (Å²) in [6, 6.07) is 0.332. The van der Waals surface area contributed by atoms with Crippen molar-refractivity contribution in [2.24, 2.45) is 5.41 Å². The maximum atomic E-state index is 12.4. The number of carbonyl (C=O) groups is 1. The number of carbonyl (C=O) groups excluding carboxylic acids is 1. The molecule has 2 N–H and O–H groups in total. The van der Waals surface area contributed by atoms with E-state index in [2.05, 4.69) is 33.0 Å². The molecule has 112 valence electrons. The zero-order valence-corrected chi connectivity index (χ0v) is 12.9. The number of hydrogen-bond acceptors (Lipinski definition) is 3. The molecule has 0 aromatic rings. The average Bonchev–Trinajstić information content (AvgIpc) is 2.31. The van der Waals surface area contributed by atoms with E-state index in [9.17, 15) is 4.79 Å². The van der Waals surface area contributed by atoms with Crippen LogP contribution >= 0.6 is 0 Å². The van der Waals surface area contributed by atoms with Crippen LogP contribution in [0.5, 0.6) is 0 Å². The van der Waals surface area contributed by atoms with Crippen molar-refractivity contribution in [3.63, 3.8) is 0 Å². The molecule has 1 fully saturated rings. The van der Waals surface area contributed by atoms with Crippen molar-refractivity contribution in [2.75, 3.05) is 19.7 Å². The standard InChI is InChI=1S/C15H30N2O2/c1-12(2)16-13-7-5-9-17(14(13)19)11-15(3,4)8-6-10-18/h12-13,16,18H,5-11H2,1-4H3. The summed E-state index contributed by atoms with van der Waals surface area (Å²) in [5.74, 6) is 0.247. The van der Waals surface area contributed by atoms with Crippen LogP contribution in [-0.4, -0.2) is 47.7 Å². The minimum absolute atomic E-state index is 0.0117. The van der Waals surface area contributed by atoms with E-state index in [0.29, 0.717) is 6.04 Å². The molecule has 1 amide bonds.